The highest BCUT2D eigenvalue weighted by Gasteiger charge is 2.11. The first-order chi connectivity index (χ1) is 7.90. The molecule has 1 fully saturated rings. The molecule has 1 saturated heterocycles. The van der Waals surface area contributed by atoms with Gasteiger partial charge in [-0.1, -0.05) is 17.2 Å². The second-order valence-electron chi connectivity index (χ2n) is 4.07. The molecule has 1 aromatic rings. The minimum Gasteiger partial charge on any atom is -0.372 e. The lowest BCUT2D eigenvalue weighted by atomic mass is 10.1. The lowest BCUT2D eigenvalue weighted by Gasteiger charge is -2.17. The zero-order valence-corrected chi connectivity index (χ0v) is 9.34. The predicted molar refractivity (Wildman–Crippen MR) is 65.6 cm³/mol. The van der Waals surface area contributed by atoms with Crippen LogP contribution in [0.25, 0.3) is 10.4 Å². The van der Waals surface area contributed by atoms with Crippen LogP contribution in [0.3, 0.4) is 0 Å². The van der Waals surface area contributed by atoms with Crippen LogP contribution in [0, 0.1) is 0 Å². The molecule has 0 radical (unpaired) electrons. The molecule has 0 spiro atoms. The third kappa shape index (κ3) is 2.67. The van der Waals surface area contributed by atoms with Crippen LogP contribution in [0.15, 0.2) is 29.4 Å². The summed E-state index contributed by atoms with van der Waals surface area (Å²) in [7, 11) is 0. The fourth-order valence-corrected chi connectivity index (χ4v) is 2.07. The van der Waals surface area contributed by atoms with Gasteiger partial charge in [0.25, 0.3) is 0 Å². The highest BCUT2D eigenvalue weighted by atomic mass is 15.1. The Bertz CT molecular complexity index is 373. The Hall–Kier alpha value is -1.67. The van der Waals surface area contributed by atoms with Crippen LogP contribution in [0.5, 0.6) is 0 Å². The summed E-state index contributed by atoms with van der Waals surface area (Å²) in [5.41, 5.74) is 10.7. The first-order valence-corrected chi connectivity index (χ1v) is 5.75. The van der Waals surface area contributed by atoms with E-state index in [0.717, 1.165) is 6.42 Å². The smallest absolute Gasteiger partial charge is 0.0366 e. The number of hydrogen-bond acceptors (Lipinski definition) is 2. The maximum atomic E-state index is 8.18. The molecule has 0 aromatic heterocycles. The van der Waals surface area contributed by atoms with E-state index in [9.17, 15) is 0 Å². The van der Waals surface area contributed by atoms with Crippen molar-refractivity contribution < 1.29 is 0 Å². The number of benzene rings is 1. The van der Waals surface area contributed by atoms with Gasteiger partial charge < -0.3 is 4.90 Å². The molecule has 0 bridgehead atoms. The van der Waals surface area contributed by atoms with Gasteiger partial charge in [0.1, 0.15) is 0 Å². The third-order valence-corrected chi connectivity index (χ3v) is 2.97. The molecule has 1 aliphatic heterocycles. The SMILES string of the molecule is [N-]=[N+]=NCCc1ccc(N2CCCC2)cc1. The average molecular weight is 216 g/mol. The van der Waals surface area contributed by atoms with E-state index in [2.05, 4.69) is 39.2 Å². The van der Waals surface area contributed by atoms with Crippen molar-refractivity contribution in [3.8, 4) is 0 Å². The molecular weight excluding hydrogens is 200 g/mol. The summed E-state index contributed by atoms with van der Waals surface area (Å²) in [6.07, 6.45) is 3.43. The highest BCUT2D eigenvalue weighted by molar-refractivity contribution is 5.48. The van der Waals surface area contributed by atoms with E-state index in [1.54, 1.807) is 0 Å². The molecule has 0 saturated carbocycles. The van der Waals surface area contributed by atoms with E-state index in [1.807, 2.05) is 0 Å². The fourth-order valence-electron chi connectivity index (χ4n) is 2.07. The lowest BCUT2D eigenvalue weighted by Crippen LogP contribution is -2.17. The van der Waals surface area contributed by atoms with E-state index < -0.39 is 0 Å². The summed E-state index contributed by atoms with van der Waals surface area (Å²) >= 11 is 0. The zero-order valence-electron chi connectivity index (χ0n) is 9.34. The van der Waals surface area contributed by atoms with Crippen molar-refractivity contribution in [3.63, 3.8) is 0 Å². The Morgan fingerprint density at radius 3 is 2.50 bits per heavy atom. The van der Waals surface area contributed by atoms with Crippen LogP contribution in [0.4, 0.5) is 5.69 Å². The molecule has 0 atom stereocenters. The maximum absolute atomic E-state index is 8.18. The van der Waals surface area contributed by atoms with Crippen LogP contribution < -0.4 is 4.90 Å². The van der Waals surface area contributed by atoms with Gasteiger partial charge in [-0.15, -0.1) is 0 Å². The normalized spacial score (nSPS) is 14.9. The zero-order chi connectivity index (χ0) is 11.2. The van der Waals surface area contributed by atoms with Gasteiger partial charge >= 0.3 is 0 Å². The summed E-state index contributed by atoms with van der Waals surface area (Å²) in [5, 5.41) is 3.54. The molecule has 2 rings (SSSR count). The quantitative estimate of drug-likeness (QED) is 0.433. The Morgan fingerprint density at radius 1 is 1.19 bits per heavy atom. The molecule has 4 nitrogen and oxygen atoms in total. The van der Waals surface area contributed by atoms with Crippen LogP contribution in [0.1, 0.15) is 18.4 Å². The standard InChI is InChI=1S/C12H16N4/c13-15-14-8-7-11-3-5-12(6-4-11)16-9-1-2-10-16/h3-6H,1-2,7-10H2. The number of azide groups is 1. The van der Waals surface area contributed by atoms with Gasteiger partial charge in [-0.25, -0.2) is 0 Å². The number of hydrogen-bond donors (Lipinski definition) is 0. The number of rotatable bonds is 4. The predicted octanol–water partition coefficient (Wildman–Crippen LogP) is 3.14. The lowest BCUT2D eigenvalue weighted by molar-refractivity contribution is 0.946. The second kappa shape index (κ2) is 5.42. The largest absolute Gasteiger partial charge is 0.372 e. The van der Waals surface area contributed by atoms with Gasteiger partial charge in [0.15, 0.2) is 0 Å². The molecule has 0 aliphatic carbocycles. The number of nitrogens with zero attached hydrogens (tertiary/aromatic N) is 4. The minimum absolute atomic E-state index is 0.541. The Kier molecular flexibility index (Phi) is 3.67. The van der Waals surface area contributed by atoms with Crippen molar-refractivity contribution in [2.75, 3.05) is 24.5 Å². The minimum atomic E-state index is 0.541. The van der Waals surface area contributed by atoms with Gasteiger partial charge in [0.05, 0.1) is 0 Å². The van der Waals surface area contributed by atoms with Crippen LogP contribution in [-0.2, 0) is 6.42 Å². The van der Waals surface area contributed by atoms with Crippen molar-refractivity contribution in [2.24, 2.45) is 5.11 Å². The van der Waals surface area contributed by atoms with Crippen molar-refractivity contribution in [1.29, 1.82) is 0 Å². The monoisotopic (exact) mass is 216 g/mol. The molecule has 0 N–H and O–H groups in total. The second-order valence-corrected chi connectivity index (χ2v) is 4.07. The van der Waals surface area contributed by atoms with Crippen molar-refractivity contribution in [3.05, 3.63) is 40.3 Å². The van der Waals surface area contributed by atoms with E-state index >= 15 is 0 Å². The Labute approximate surface area is 95.5 Å². The molecule has 0 amide bonds. The molecule has 1 aliphatic rings. The number of anilines is 1. The van der Waals surface area contributed by atoms with Gasteiger partial charge in [0, 0.05) is 30.2 Å². The summed E-state index contributed by atoms with van der Waals surface area (Å²) in [5.74, 6) is 0. The average Bonchev–Trinajstić information content (AvgIpc) is 2.84. The first kappa shape index (κ1) is 10.8. The van der Waals surface area contributed by atoms with Crippen molar-refractivity contribution in [1.82, 2.24) is 0 Å². The van der Waals surface area contributed by atoms with Crippen molar-refractivity contribution >= 4 is 5.69 Å². The Morgan fingerprint density at radius 2 is 1.88 bits per heavy atom. The van der Waals surface area contributed by atoms with Crippen molar-refractivity contribution in [2.45, 2.75) is 19.3 Å². The molecule has 1 aromatic carbocycles. The van der Waals surface area contributed by atoms with Crippen LogP contribution in [-0.4, -0.2) is 19.6 Å². The maximum Gasteiger partial charge on any atom is 0.0366 e. The van der Waals surface area contributed by atoms with Crippen LogP contribution in [0.2, 0.25) is 0 Å². The molecule has 1 heterocycles. The Balaban J connectivity index is 1.95. The van der Waals surface area contributed by atoms with E-state index in [4.69, 9.17) is 5.53 Å². The highest BCUT2D eigenvalue weighted by Crippen LogP contribution is 2.20. The van der Waals surface area contributed by atoms with Crippen LogP contribution >= 0.6 is 0 Å². The van der Waals surface area contributed by atoms with Gasteiger partial charge in [-0.05, 0) is 42.5 Å². The fraction of sp³-hybridized carbons (Fsp3) is 0.500. The van der Waals surface area contributed by atoms with Gasteiger partial charge in [0.2, 0.25) is 0 Å². The van der Waals surface area contributed by atoms with Gasteiger partial charge in [-0.3, -0.25) is 0 Å². The first-order valence-electron chi connectivity index (χ1n) is 5.75. The topological polar surface area (TPSA) is 52.0 Å². The summed E-state index contributed by atoms with van der Waals surface area (Å²) in [6, 6.07) is 8.58. The molecular formula is C12H16N4. The molecule has 0 unspecified atom stereocenters. The molecule has 4 heteroatoms. The summed E-state index contributed by atoms with van der Waals surface area (Å²) in [4.78, 5) is 5.16. The summed E-state index contributed by atoms with van der Waals surface area (Å²) < 4.78 is 0. The van der Waals surface area contributed by atoms with Gasteiger partial charge in [-0.2, -0.15) is 0 Å². The summed E-state index contributed by atoms with van der Waals surface area (Å²) in [6.45, 7) is 2.90. The third-order valence-electron chi connectivity index (χ3n) is 2.97. The molecule has 16 heavy (non-hydrogen) atoms. The molecule has 84 valence electrons. The van der Waals surface area contributed by atoms with E-state index in [1.165, 1.54) is 37.2 Å². The van der Waals surface area contributed by atoms with E-state index in [0.29, 0.717) is 6.54 Å². The van der Waals surface area contributed by atoms with E-state index in [-0.39, 0.29) is 0 Å².